The summed E-state index contributed by atoms with van der Waals surface area (Å²) < 4.78 is 5.37. The predicted octanol–water partition coefficient (Wildman–Crippen LogP) is 2.91. The van der Waals surface area contributed by atoms with E-state index >= 15 is 0 Å². The highest BCUT2D eigenvalue weighted by Crippen LogP contribution is 2.21. The van der Waals surface area contributed by atoms with Gasteiger partial charge >= 0.3 is 0 Å². The van der Waals surface area contributed by atoms with E-state index in [0.717, 1.165) is 75.7 Å². The zero-order valence-electron chi connectivity index (χ0n) is 17.3. The maximum absolute atomic E-state index is 9.30. The van der Waals surface area contributed by atoms with E-state index in [4.69, 9.17) is 4.74 Å². The van der Waals surface area contributed by atoms with E-state index in [-0.39, 0.29) is 18.2 Å². The van der Waals surface area contributed by atoms with Crippen LogP contribution in [-0.4, -0.2) is 60.8 Å². The van der Waals surface area contributed by atoms with Gasteiger partial charge < -0.3 is 10.1 Å². The number of morpholine rings is 1. The first-order valence-electron chi connectivity index (χ1n) is 10.0. The van der Waals surface area contributed by atoms with Gasteiger partial charge in [-0.3, -0.25) is 4.90 Å². The molecule has 0 saturated carbocycles. The lowest BCUT2D eigenvalue weighted by Crippen LogP contribution is -2.40. The number of nitrogens with zero attached hydrogens (tertiary/aromatic N) is 4. The van der Waals surface area contributed by atoms with Gasteiger partial charge in [0.05, 0.1) is 18.9 Å². The van der Waals surface area contributed by atoms with Gasteiger partial charge in [0.2, 0.25) is 5.82 Å². The highest BCUT2D eigenvalue weighted by atomic mass is 35.5. The van der Waals surface area contributed by atoms with Crippen molar-refractivity contribution in [2.75, 3.05) is 45.9 Å². The zero-order valence-corrected chi connectivity index (χ0v) is 18.1. The Morgan fingerprint density at radius 2 is 1.90 bits per heavy atom. The van der Waals surface area contributed by atoms with Gasteiger partial charge in [0, 0.05) is 37.4 Å². The lowest BCUT2D eigenvalue weighted by atomic mass is 10.0. The van der Waals surface area contributed by atoms with Crippen LogP contribution in [0.25, 0.3) is 11.3 Å². The topological polar surface area (TPSA) is 74.1 Å². The lowest BCUT2D eigenvalue weighted by molar-refractivity contribution is 0.0384. The summed E-state index contributed by atoms with van der Waals surface area (Å²) in [7, 11) is 0. The number of nitriles is 1. The molecule has 1 aliphatic heterocycles. The van der Waals surface area contributed by atoms with Crippen LogP contribution in [0.15, 0.2) is 24.3 Å². The fraction of sp³-hybridized carbons (Fsp3) is 0.500. The maximum atomic E-state index is 9.30. The highest BCUT2D eigenvalue weighted by molar-refractivity contribution is 5.85. The summed E-state index contributed by atoms with van der Waals surface area (Å²) in [4.78, 5) is 11.2. The first-order valence-corrected chi connectivity index (χ1v) is 10.0. The third-order valence-electron chi connectivity index (χ3n) is 5.18. The van der Waals surface area contributed by atoms with E-state index < -0.39 is 0 Å². The summed E-state index contributed by atoms with van der Waals surface area (Å²) >= 11 is 0. The average molecular weight is 416 g/mol. The largest absolute Gasteiger partial charge is 0.379 e. The number of benzene rings is 1. The fourth-order valence-corrected chi connectivity index (χ4v) is 3.31. The second-order valence-electron chi connectivity index (χ2n) is 7.29. The molecule has 0 radical (unpaired) electrons. The molecule has 29 heavy (non-hydrogen) atoms. The number of halogens is 1. The van der Waals surface area contributed by atoms with E-state index in [1.165, 1.54) is 11.1 Å². The molecule has 6 nitrogen and oxygen atoms in total. The van der Waals surface area contributed by atoms with Gasteiger partial charge in [0.25, 0.3) is 0 Å². The summed E-state index contributed by atoms with van der Waals surface area (Å²) in [5, 5.41) is 12.8. The molecule has 7 heteroatoms. The molecule has 0 aliphatic carbocycles. The Bertz CT molecular complexity index is 830. The molecule has 3 rings (SSSR count). The van der Waals surface area contributed by atoms with Crippen LogP contribution in [0, 0.1) is 25.2 Å². The van der Waals surface area contributed by atoms with E-state index in [1.54, 1.807) is 0 Å². The number of ether oxygens (including phenoxy) is 1. The second-order valence-corrected chi connectivity index (χ2v) is 7.29. The maximum Gasteiger partial charge on any atom is 0.232 e. The molecule has 1 fully saturated rings. The van der Waals surface area contributed by atoms with Crippen molar-refractivity contribution < 1.29 is 4.74 Å². The quantitative estimate of drug-likeness (QED) is 0.668. The van der Waals surface area contributed by atoms with Crippen molar-refractivity contribution in [1.29, 1.82) is 5.26 Å². The zero-order chi connectivity index (χ0) is 19.8. The van der Waals surface area contributed by atoms with Gasteiger partial charge in [-0.25, -0.2) is 9.97 Å². The van der Waals surface area contributed by atoms with Crippen molar-refractivity contribution in [3.05, 3.63) is 46.9 Å². The average Bonchev–Trinajstić information content (AvgIpc) is 2.73. The number of aryl methyl sites for hydroxylation is 3. The van der Waals surface area contributed by atoms with Gasteiger partial charge in [-0.05, 0) is 56.5 Å². The van der Waals surface area contributed by atoms with Crippen LogP contribution < -0.4 is 5.32 Å². The standard InChI is InChI=1S/C22H29N5O.ClH/c1-17-5-6-19(14-18(17)2)21-15-20(25-22(16-23)26-21)4-3-7-24-8-9-27-10-12-28-13-11-27;/h5-6,14-15,24H,3-4,7-13H2,1-2H3;1H. The highest BCUT2D eigenvalue weighted by Gasteiger charge is 2.10. The van der Waals surface area contributed by atoms with E-state index in [0.29, 0.717) is 0 Å². The molecule has 0 unspecified atom stereocenters. The SMILES string of the molecule is Cc1ccc(-c2cc(CCCNCCN3CCOCC3)nc(C#N)n2)cc1C.Cl. The van der Waals surface area contributed by atoms with Gasteiger partial charge in [-0.2, -0.15) is 5.26 Å². The van der Waals surface area contributed by atoms with Crippen molar-refractivity contribution in [2.45, 2.75) is 26.7 Å². The number of nitrogens with one attached hydrogen (secondary N) is 1. The van der Waals surface area contributed by atoms with Crippen LogP contribution >= 0.6 is 12.4 Å². The molecule has 0 spiro atoms. The van der Waals surface area contributed by atoms with Gasteiger partial charge in [-0.15, -0.1) is 12.4 Å². The van der Waals surface area contributed by atoms with Crippen LogP contribution in [0.5, 0.6) is 0 Å². The molecule has 1 aromatic heterocycles. The number of aromatic nitrogens is 2. The Labute approximate surface area is 179 Å². The molecule has 156 valence electrons. The molecular weight excluding hydrogens is 386 g/mol. The van der Waals surface area contributed by atoms with Crippen LogP contribution in [0.4, 0.5) is 0 Å². The smallest absolute Gasteiger partial charge is 0.232 e. The lowest BCUT2D eigenvalue weighted by Gasteiger charge is -2.26. The van der Waals surface area contributed by atoms with E-state index in [2.05, 4.69) is 58.3 Å². The number of hydrogen-bond donors (Lipinski definition) is 1. The van der Waals surface area contributed by atoms with Crippen molar-refractivity contribution >= 4 is 12.4 Å². The Kier molecular flexibility index (Phi) is 9.49. The minimum absolute atomic E-state index is 0. The van der Waals surface area contributed by atoms with Crippen molar-refractivity contribution in [2.24, 2.45) is 0 Å². The van der Waals surface area contributed by atoms with Gasteiger partial charge in [-0.1, -0.05) is 12.1 Å². The first-order chi connectivity index (χ1) is 13.7. The van der Waals surface area contributed by atoms with Crippen molar-refractivity contribution in [1.82, 2.24) is 20.2 Å². The van der Waals surface area contributed by atoms with Crippen LogP contribution in [-0.2, 0) is 11.2 Å². The van der Waals surface area contributed by atoms with E-state index in [1.807, 2.05) is 6.07 Å². The molecule has 1 saturated heterocycles. The summed E-state index contributed by atoms with van der Waals surface area (Å²) in [5.41, 5.74) is 5.26. The second kappa shape index (κ2) is 11.8. The van der Waals surface area contributed by atoms with Gasteiger partial charge in [0.15, 0.2) is 0 Å². The van der Waals surface area contributed by atoms with Crippen molar-refractivity contribution in [3.63, 3.8) is 0 Å². The number of rotatable bonds is 8. The van der Waals surface area contributed by atoms with Crippen LogP contribution in [0.1, 0.15) is 29.1 Å². The third-order valence-corrected chi connectivity index (χ3v) is 5.18. The molecule has 0 bridgehead atoms. The van der Waals surface area contributed by atoms with Crippen LogP contribution in [0.2, 0.25) is 0 Å². The summed E-state index contributed by atoms with van der Waals surface area (Å²) in [6.45, 7) is 10.9. The molecule has 0 atom stereocenters. The molecular formula is C22H30ClN5O. The molecule has 1 aliphatic rings. The summed E-state index contributed by atoms with van der Waals surface area (Å²) in [6.07, 6.45) is 1.82. The normalized spacial score (nSPS) is 14.2. The van der Waals surface area contributed by atoms with Crippen molar-refractivity contribution in [3.8, 4) is 17.3 Å². The Morgan fingerprint density at radius 3 is 2.62 bits per heavy atom. The molecule has 2 heterocycles. The fourth-order valence-electron chi connectivity index (χ4n) is 3.31. The summed E-state index contributed by atoms with van der Waals surface area (Å²) in [5.74, 6) is 0.242. The molecule has 1 aromatic carbocycles. The number of hydrogen-bond acceptors (Lipinski definition) is 6. The van der Waals surface area contributed by atoms with Gasteiger partial charge in [0.1, 0.15) is 6.07 Å². The minimum Gasteiger partial charge on any atom is -0.379 e. The summed E-state index contributed by atoms with van der Waals surface area (Å²) in [6, 6.07) is 10.4. The monoisotopic (exact) mass is 415 g/mol. The molecule has 1 N–H and O–H groups in total. The molecule has 2 aromatic rings. The Balaban J connectivity index is 0.00000300. The Morgan fingerprint density at radius 1 is 1.10 bits per heavy atom. The predicted molar refractivity (Wildman–Crippen MR) is 117 cm³/mol. The minimum atomic E-state index is 0. The third kappa shape index (κ3) is 7.06. The van der Waals surface area contributed by atoms with E-state index in [9.17, 15) is 5.26 Å². The first kappa shape index (κ1) is 23.2. The Hall–Kier alpha value is -2.04. The molecule has 0 amide bonds. The van der Waals surface area contributed by atoms with Crippen LogP contribution in [0.3, 0.4) is 0 Å².